The van der Waals surface area contributed by atoms with Gasteiger partial charge in [-0.2, -0.15) is 0 Å². The minimum atomic E-state index is -0.480. The highest BCUT2D eigenvalue weighted by Gasteiger charge is 2.20. The fourth-order valence-corrected chi connectivity index (χ4v) is 3.43. The Labute approximate surface area is 150 Å². The molecule has 1 atom stereocenters. The van der Waals surface area contributed by atoms with E-state index in [1.54, 1.807) is 0 Å². The molecule has 0 heterocycles. The molecule has 132 valence electrons. The maximum Gasteiger partial charge on any atom is 0.265 e. The van der Waals surface area contributed by atoms with E-state index in [-0.39, 0.29) is 5.91 Å². The molecular formula is C22H27NO2. The Hall–Kier alpha value is -2.29. The molecule has 0 fully saturated rings. The van der Waals surface area contributed by atoms with E-state index in [1.165, 1.54) is 24.0 Å². The number of ether oxygens (including phenoxy) is 1. The number of rotatable bonds is 6. The van der Waals surface area contributed by atoms with Crippen molar-refractivity contribution < 1.29 is 9.53 Å². The van der Waals surface area contributed by atoms with Crippen molar-refractivity contribution in [2.24, 2.45) is 0 Å². The van der Waals surface area contributed by atoms with Crippen LogP contribution in [0.15, 0.2) is 42.5 Å². The van der Waals surface area contributed by atoms with E-state index in [0.29, 0.717) is 6.42 Å². The van der Waals surface area contributed by atoms with Gasteiger partial charge in [-0.1, -0.05) is 38.1 Å². The van der Waals surface area contributed by atoms with E-state index in [1.807, 2.05) is 37.3 Å². The van der Waals surface area contributed by atoms with Gasteiger partial charge < -0.3 is 10.1 Å². The zero-order valence-electron chi connectivity index (χ0n) is 15.2. The molecule has 0 spiro atoms. The van der Waals surface area contributed by atoms with Crippen LogP contribution in [-0.4, -0.2) is 12.0 Å². The first-order valence-electron chi connectivity index (χ1n) is 9.38. The first-order valence-corrected chi connectivity index (χ1v) is 9.38. The van der Waals surface area contributed by atoms with Gasteiger partial charge in [-0.3, -0.25) is 4.79 Å². The fraction of sp³-hybridized carbons (Fsp3) is 0.409. The molecule has 0 unspecified atom stereocenters. The Bertz CT molecular complexity index is 739. The van der Waals surface area contributed by atoms with Crippen molar-refractivity contribution in [2.75, 3.05) is 5.32 Å². The third-order valence-corrected chi connectivity index (χ3v) is 4.92. The summed E-state index contributed by atoms with van der Waals surface area (Å²) in [7, 11) is 0. The number of para-hydroxylation sites is 1. The molecule has 1 N–H and O–H groups in total. The predicted octanol–water partition coefficient (Wildman–Crippen LogP) is 4.92. The molecule has 3 nitrogen and oxygen atoms in total. The molecule has 3 heteroatoms. The lowest BCUT2D eigenvalue weighted by Gasteiger charge is -2.21. The third kappa shape index (κ3) is 4.22. The van der Waals surface area contributed by atoms with Crippen LogP contribution >= 0.6 is 0 Å². The average molecular weight is 337 g/mol. The maximum atomic E-state index is 12.7. The topological polar surface area (TPSA) is 38.3 Å². The number of amides is 1. The zero-order chi connectivity index (χ0) is 17.6. The van der Waals surface area contributed by atoms with Crippen LogP contribution in [0.1, 0.15) is 49.8 Å². The van der Waals surface area contributed by atoms with Crippen molar-refractivity contribution in [3.05, 3.63) is 59.2 Å². The Balaban J connectivity index is 1.70. The van der Waals surface area contributed by atoms with Crippen molar-refractivity contribution in [2.45, 2.75) is 58.5 Å². The Kier molecular flexibility index (Phi) is 5.75. The maximum absolute atomic E-state index is 12.7. The average Bonchev–Trinajstić information content (AvgIpc) is 2.66. The van der Waals surface area contributed by atoms with E-state index >= 15 is 0 Å². The SMILES string of the molecule is CCc1ccccc1NC(=O)[C@H](CC)Oc1ccc2c(c1)CCCC2. The van der Waals surface area contributed by atoms with Gasteiger partial charge >= 0.3 is 0 Å². The summed E-state index contributed by atoms with van der Waals surface area (Å²) in [6.07, 6.45) is 5.81. The van der Waals surface area contributed by atoms with E-state index < -0.39 is 6.10 Å². The van der Waals surface area contributed by atoms with Crippen molar-refractivity contribution in [1.82, 2.24) is 0 Å². The zero-order valence-corrected chi connectivity index (χ0v) is 15.2. The molecule has 3 rings (SSSR count). The van der Waals surface area contributed by atoms with E-state index in [4.69, 9.17) is 4.74 Å². The number of aryl methyl sites for hydroxylation is 3. The number of carbonyl (C=O) groups is 1. The number of anilines is 1. The first kappa shape index (κ1) is 17.5. The number of hydrogen-bond acceptors (Lipinski definition) is 2. The van der Waals surface area contributed by atoms with Crippen LogP contribution < -0.4 is 10.1 Å². The van der Waals surface area contributed by atoms with Crippen LogP contribution in [0.3, 0.4) is 0 Å². The van der Waals surface area contributed by atoms with Gasteiger partial charge in [-0.25, -0.2) is 0 Å². The molecule has 0 aliphatic heterocycles. The normalized spacial score (nSPS) is 14.5. The second-order valence-corrected chi connectivity index (χ2v) is 6.65. The summed E-state index contributed by atoms with van der Waals surface area (Å²) in [6, 6.07) is 14.2. The summed E-state index contributed by atoms with van der Waals surface area (Å²) >= 11 is 0. The van der Waals surface area contributed by atoms with E-state index in [2.05, 4.69) is 24.4 Å². The number of benzene rings is 2. The van der Waals surface area contributed by atoms with Gasteiger partial charge in [0, 0.05) is 5.69 Å². The number of carbonyl (C=O) groups excluding carboxylic acids is 1. The van der Waals surface area contributed by atoms with Crippen LogP contribution in [0.5, 0.6) is 5.75 Å². The molecule has 0 radical (unpaired) electrons. The largest absolute Gasteiger partial charge is 0.481 e. The molecule has 2 aromatic rings. The molecular weight excluding hydrogens is 310 g/mol. The Morgan fingerprint density at radius 1 is 1.08 bits per heavy atom. The van der Waals surface area contributed by atoms with Gasteiger partial charge in [-0.05, 0) is 73.4 Å². The summed E-state index contributed by atoms with van der Waals surface area (Å²) in [5, 5.41) is 3.03. The minimum absolute atomic E-state index is 0.0823. The van der Waals surface area contributed by atoms with Gasteiger partial charge in [0.25, 0.3) is 5.91 Å². The second-order valence-electron chi connectivity index (χ2n) is 6.65. The van der Waals surface area contributed by atoms with Gasteiger partial charge in [0.15, 0.2) is 6.10 Å². The molecule has 0 bridgehead atoms. The molecule has 0 saturated carbocycles. The van der Waals surface area contributed by atoms with Crippen molar-refractivity contribution in [1.29, 1.82) is 0 Å². The Morgan fingerprint density at radius 2 is 1.84 bits per heavy atom. The van der Waals surface area contributed by atoms with Gasteiger partial charge in [-0.15, -0.1) is 0 Å². The van der Waals surface area contributed by atoms with Crippen LogP contribution in [0.2, 0.25) is 0 Å². The molecule has 1 aliphatic carbocycles. The predicted molar refractivity (Wildman–Crippen MR) is 102 cm³/mol. The molecule has 0 aromatic heterocycles. The molecule has 25 heavy (non-hydrogen) atoms. The summed E-state index contributed by atoms with van der Waals surface area (Å²) in [4.78, 5) is 12.7. The standard InChI is InChI=1S/C22H27NO2/c1-3-16-9-7-8-12-20(16)23-22(24)21(4-2)25-19-14-13-17-10-5-6-11-18(17)15-19/h7-9,12-15,21H,3-6,10-11H2,1-2H3,(H,23,24)/t21-/m0/s1. The fourth-order valence-electron chi connectivity index (χ4n) is 3.43. The highest BCUT2D eigenvalue weighted by atomic mass is 16.5. The first-order chi connectivity index (χ1) is 12.2. The highest BCUT2D eigenvalue weighted by molar-refractivity contribution is 5.95. The third-order valence-electron chi connectivity index (χ3n) is 4.92. The van der Waals surface area contributed by atoms with E-state index in [9.17, 15) is 4.79 Å². The van der Waals surface area contributed by atoms with Crippen molar-refractivity contribution >= 4 is 11.6 Å². The molecule has 1 amide bonds. The Morgan fingerprint density at radius 3 is 2.60 bits per heavy atom. The summed E-state index contributed by atoms with van der Waals surface area (Å²) < 4.78 is 6.03. The molecule has 0 saturated heterocycles. The smallest absolute Gasteiger partial charge is 0.265 e. The van der Waals surface area contributed by atoms with Gasteiger partial charge in [0.05, 0.1) is 0 Å². The van der Waals surface area contributed by atoms with Crippen LogP contribution in [0, 0.1) is 0 Å². The summed E-state index contributed by atoms with van der Waals surface area (Å²) in [5.74, 6) is 0.715. The molecule has 2 aromatic carbocycles. The van der Waals surface area contributed by atoms with Gasteiger partial charge in [0.1, 0.15) is 5.75 Å². The van der Waals surface area contributed by atoms with Crippen LogP contribution in [0.4, 0.5) is 5.69 Å². The van der Waals surface area contributed by atoms with Crippen molar-refractivity contribution in [3.63, 3.8) is 0 Å². The van der Waals surface area contributed by atoms with Gasteiger partial charge in [0.2, 0.25) is 0 Å². The van der Waals surface area contributed by atoms with E-state index in [0.717, 1.165) is 36.3 Å². The highest BCUT2D eigenvalue weighted by Crippen LogP contribution is 2.26. The van der Waals surface area contributed by atoms with Crippen LogP contribution in [-0.2, 0) is 24.1 Å². The summed E-state index contributed by atoms with van der Waals surface area (Å²) in [6.45, 7) is 4.07. The molecule has 1 aliphatic rings. The summed E-state index contributed by atoms with van der Waals surface area (Å²) in [5.41, 5.74) is 4.81. The number of hydrogen-bond donors (Lipinski definition) is 1. The lowest BCUT2D eigenvalue weighted by Crippen LogP contribution is -2.32. The lowest BCUT2D eigenvalue weighted by molar-refractivity contribution is -0.122. The second kappa shape index (κ2) is 8.19. The van der Waals surface area contributed by atoms with Crippen molar-refractivity contribution in [3.8, 4) is 5.75 Å². The number of nitrogens with one attached hydrogen (secondary N) is 1. The minimum Gasteiger partial charge on any atom is -0.481 e. The monoisotopic (exact) mass is 337 g/mol. The number of fused-ring (bicyclic) bond motifs is 1. The lowest BCUT2D eigenvalue weighted by atomic mass is 9.92. The van der Waals surface area contributed by atoms with Crippen LogP contribution in [0.25, 0.3) is 0 Å². The quantitative estimate of drug-likeness (QED) is 0.812.